The molecule has 4 nitrogen and oxygen atoms in total. The Morgan fingerprint density at radius 3 is 2.71 bits per heavy atom. The number of nitrogen functional groups attached to an aromatic ring is 1. The summed E-state index contributed by atoms with van der Waals surface area (Å²) in [7, 11) is 3.97. The van der Waals surface area contributed by atoms with E-state index >= 15 is 0 Å². The average Bonchev–Trinajstić information content (AvgIpc) is 2.93. The van der Waals surface area contributed by atoms with Crippen LogP contribution in [0, 0.1) is 0 Å². The molecule has 1 aromatic carbocycles. The number of aromatic nitrogens is 1. The van der Waals surface area contributed by atoms with Crippen molar-refractivity contribution in [3.63, 3.8) is 0 Å². The van der Waals surface area contributed by atoms with Crippen LogP contribution >= 0.6 is 11.3 Å². The molecule has 0 aliphatic carbocycles. The van der Waals surface area contributed by atoms with Crippen molar-refractivity contribution < 1.29 is 0 Å². The van der Waals surface area contributed by atoms with Gasteiger partial charge in [0, 0.05) is 31.4 Å². The number of anilines is 2. The molecule has 0 fully saturated rings. The van der Waals surface area contributed by atoms with Crippen molar-refractivity contribution in [2.75, 3.05) is 24.7 Å². The van der Waals surface area contributed by atoms with Crippen LogP contribution in [-0.4, -0.2) is 25.3 Å². The molecule has 0 saturated carbocycles. The lowest BCUT2D eigenvalue weighted by atomic mass is 10.3. The van der Waals surface area contributed by atoms with E-state index in [9.17, 15) is 0 Å². The average molecular weight is 298 g/mol. The normalized spacial score (nSPS) is 11.9. The fraction of sp³-hybridized carbons (Fsp3) is 0.125. The topological polar surface area (TPSA) is 54.5 Å². The Labute approximate surface area is 129 Å². The van der Waals surface area contributed by atoms with E-state index in [2.05, 4.69) is 9.98 Å². The van der Waals surface area contributed by atoms with Gasteiger partial charge in [0.25, 0.3) is 0 Å². The molecule has 0 aliphatic rings. The summed E-state index contributed by atoms with van der Waals surface area (Å²) >= 11 is 1.65. The molecule has 0 atom stereocenters. The zero-order valence-corrected chi connectivity index (χ0v) is 12.9. The van der Waals surface area contributed by atoms with Gasteiger partial charge >= 0.3 is 0 Å². The summed E-state index contributed by atoms with van der Waals surface area (Å²) in [5.41, 5.74) is 7.26. The zero-order chi connectivity index (χ0) is 15.1. The molecule has 2 rings (SSSR count). The van der Waals surface area contributed by atoms with Gasteiger partial charge < -0.3 is 10.6 Å². The molecule has 0 saturated heterocycles. The van der Waals surface area contributed by atoms with Crippen LogP contribution in [0.1, 0.15) is 4.88 Å². The van der Waals surface area contributed by atoms with E-state index in [1.165, 1.54) is 0 Å². The molecular weight excluding hydrogens is 280 g/mol. The van der Waals surface area contributed by atoms with Gasteiger partial charge in [-0.05, 0) is 24.3 Å². The van der Waals surface area contributed by atoms with Crippen LogP contribution in [0.4, 0.5) is 16.5 Å². The Hall–Kier alpha value is -2.40. The Morgan fingerprint density at radius 1 is 1.19 bits per heavy atom. The van der Waals surface area contributed by atoms with Gasteiger partial charge in [0.1, 0.15) is 0 Å². The number of allylic oxidation sites excluding steroid dienone is 3. The van der Waals surface area contributed by atoms with Crippen molar-refractivity contribution in [1.82, 2.24) is 4.98 Å². The lowest BCUT2D eigenvalue weighted by Crippen LogP contribution is -2.07. The molecule has 1 aromatic heterocycles. The molecule has 0 radical (unpaired) electrons. The highest BCUT2D eigenvalue weighted by Crippen LogP contribution is 2.21. The smallest absolute Gasteiger partial charge is 0.185 e. The number of hydrogen-bond acceptors (Lipinski definition) is 5. The minimum Gasteiger partial charge on any atom is -0.397 e. The number of nitrogens with zero attached hydrogens (tertiary/aromatic N) is 3. The standard InChI is InChI=1S/C16H18N4S/c1-20(2)16-19-12-13(21-16)8-4-3-7-11-18-15-10-6-5-9-14(15)17/h3-12H,17H2,1-2H3/b7-3+,8-4+,18-11?. The predicted molar refractivity (Wildman–Crippen MR) is 93.6 cm³/mol. The van der Waals surface area contributed by atoms with E-state index in [0.29, 0.717) is 5.69 Å². The first-order chi connectivity index (χ1) is 10.2. The van der Waals surface area contributed by atoms with Crippen molar-refractivity contribution >= 4 is 40.1 Å². The summed E-state index contributed by atoms with van der Waals surface area (Å²) in [6.07, 6.45) is 11.4. The highest BCUT2D eigenvalue weighted by atomic mass is 32.1. The molecule has 0 amide bonds. The van der Waals surface area contributed by atoms with Crippen LogP contribution in [0.3, 0.4) is 0 Å². The second-order valence-corrected chi connectivity index (χ2v) is 5.56. The van der Waals surface area contributed by atoms with Crippen LogP contribution < -0.4 is 10.6 Å². The van der Waals surface area contributed by atoms with Crippen LogP contribution in [0.25, 0.3) is 6.08 Å². The molecule has 5 heteroatoms. The largest absolute Gasteiger partial charge is 0.397 e. The summed E-state index contributed by atoms with van der Waals surface area (Å²) in [6, 6.07) is 7.53. The number of para-hydroxylation sites is 2. The lowest BCUT2D eigenvalue weighted by molar-refractivity contribution is 1.10. The highest BCUT2D eigenvalue weighted by molar-refractivity contribution is 7.16. The lowest BCUT2D eigenvalue weighted by Gasteiger charge is -2.04. The summed E-state index contributed by atoms with van der Waals surface area (Å²) in [5, 5.41) is 1.000. The molecule has 0 bridgehead atoms. The van der Waals surface area contributed by atoms with Gasteiger partial charge in [-0.2, -0.15) is 0 Å². The van der Waals surface area contributed by atoms with E-state index in [1.807, 2.05) is 73.8 Å². The van der Waals surface area contributed by atoms with Gasteiger partial charge in [0.2, 0.25) is 0 Å². The molecule has 0 unspecified atom stereocenters. The SMILES string of the molecule is CN(C)c1ncc(/C=C/C=C/C=Nc2ccccc2N)s1. The molecule has 21 heavy (non-hydrogen) atoms. The summed E-state index contributed by atoms with van der Waals surface area (Å²) in [4.78, 5) is 11.7. The zero-order valence-electron chi connectivity index (χ0n) is 12.1. The van der Waals surface area contributed by atoms with E-state index < -0.39 is 0 Å². The number of thiazole rings is 1. The molecule has 0 spiro atoms. The number of hydrogen-bond donors (Lipinski definition) is 1. The van der Waals surface area contributed by atoms with E-state index in [4.69, 9.17) is 5.73 Å². The maximum absolute atomic E-state index is 5.80. The quantitative estimate of drug-likeness (QED) is 0.519. The first-order valence-electron chi connectivity index (χ1n) is 6.52. The third-order valence-corrected chi connectivity index (χ3v) is 3.74. The third-order valence-electron chi connectivity index (χ3n) is 2.61. The second kappa shape index (κ2) is 7.40. The maximum atomic E-state index is 5.80. The molecule has 0 aliphatic heterocycles. The van der Waals surface area contributed by atoms with Crippen molar-refractivity contribution in [3.8, 4) is 0 Å². The molecule has 2 N–H and O–H groups in total. The molecule has 108 valence electrons. The third kappa shape index (κ3) is 4.57. The van der Waals surface area contributed by atoms with Gasteiger partial charge in [-0.25, -0.2) is 4.98 Å². The Kier molecular flexibility index (Phi) is 5.29. The minimum atomic E-state index is 0.679. The first kappa shape index (κ1) is 15.0. The van der Waals surface area contributed by atoms with E-state index in [0.717, 1.165) is 15.7 Å². The molecule has 2 aromatic rings. The van der Waals surface area contributed by atoms with Crippen molar-refractivity contribution in [1.29, 1.82) is 0 Å². The van der Waals surface area contributed by atoms with Crippen LogP contribution in [0.5, 0.6) is 0 Å². The van der Waals surface area contributed by atoms with Crippen molar-refractivity contribution in [2.24, 2.45) is 4.99 Å². The monoisotopic (exact) mass is 298 g/mol. The fourth-order valence-corrected chi connectivity index (χ4v) is 2.30. The van der Waals surface area contributed by atoms with Gasteiger partial charge in [-0.1, -0.05) is 35.6 Å². The number of aliphatic imine (C=N–C) groups is 1. The minimum absolute atomic E-state index is 0.679. The van der Waals surface area contributed by atoms with Gasteiger partial charge in [-0.15, -0.1) is 0 Å². The van der Waals surface area contributed by atoms with Crippen LogP contribution in [-0.2, 0) is 0 Å². The van der Waals surface area contributed by atoms with Gasteiger partial charge in [0.05, 0.1) is 11.4 Å². The summed E-state index contributed by atoms with van der Waals surface area (Å²) in [6.45, 7) is 0. The van der Waals surface area contributed by atoms with E-state index in [1.54, 1.807) is 17.6 Å². The fourth-order valence-electron chi connectivity index (χ4n) is 1.55. The van der Waals surface area contributed by atoms with E-state index in [-0.39, 0.29) is 0 Å². The highest BCUT2D eigenvalue weighted by Gasteiger charge is 1.99. The molecular formula is C16H18N4S. The van der Waals surface area contributed by atoms with Crippen LogP contribution in [0.15, 0.2) is 53.7 Å². The van der Waals surface area contributed by atoms with Gasteiger partial charge in [-0.3, -0.25) is 4.99 Å². The summed E-state index contributed by atoms with van der Waals surface area (Å²) < 4.78 is 0. The predicted octanol–water partition coefficient (Wildman–Crippen LogP) is 3.76. The van der Waals surface area contributed by atoms with Gasteiger partial charge in [0.15, 0.2) is 5.13 Å². The van der Waals surface area contributed by atoms with Crippen molar-refractivity contribution in [2.45, 2.75) is 0 Å². The Balaban J connectivity index is 1.90. The van der Waals surface area contributed by atoms with Crippen molar-refractivity contribution in [3.05, 3.63) is 53.6 Å². The maximum Gasteiger partial charge on any atom is 0.185 e. The Bertz CT molecular complexity index is 668. The first-order valence-corrected chi connectivity index (χ1v) is 7.33. The summed E-state index contributed by atoms with van der Waals surface area (Å²) in [5.74, 6) is 0. The molecule has 1 heterocycles. The number of rotatable bonds is 5. The second-order valence-electron chi connectivity index (χ2n) is 4.52. The number of nitrogens with two attached hydrogens (primary N) is 1. The number of benzene rings is 1. The Morgan fingerprint density at radius 2 is 2.00 bits per heavy atom. The van der Waals surface area contributed by atoms with Crippen LogP contribution in [0.2, 0.25) is 0 Å².